The van der Waals surface area contributed by atoms with E-state index in [2.05, 4.69) is 29.3 Å². The lowest BCUT2D eigenvalue weighted by atomic mass is 10.00. The van der Waals surface area contributed by atoms with Gasteiger partial charge in [0.15, 0.2) is 0 Å². The van der Waals surface area contributed by atoms with E-state index in [-0.39, 0.29) is 0 Å². The number of thiophene rings is 1. The van der Waals surface area contributed by atoms with E-state index in [1.165, 1.54) is 10.4 Å². The topological polar surface area (TPSA) is 40.5 Å². The molecule has 0 amide bonds. The Morgan fingerprint density at radius 2 is 1.95 bits per heavy atom. The molecule has 0 saturated carbocycles. The van der Waals surface area contributed by atoms with Crippen molar-refractivity contribution in [3.63, 3.8) is 0 Å². The fraction of sp³-hybridized carbons (Fsp3) is 0.353. The van der Waals surface area contributed by atoms with Crippen LogP contribution in [0.5, 0.6) is 0 Å². The second kappa shape index (κ2) is 7.38. The van der Waals surface area contributed by atoms with Crippen molar-refractivity contribution in [2.75, 3.05) is 6.54 Å². The average molecular weight is 303 g/mol. The van der Waals surface area contributed by atoms with Crippen molar-refractivity contribution in [2.24, 2.45) is 0 Å². The Kier molecular flexibility index (Phi) is 5.53. The molecule has 0 saturated heterocycles. The highest BCUT2D eigenvalue weighted by Gasteiger charge is 2.13. The molecule has 0 radical (unpaired) electrons. The van der Waals surface area contributed by atoms with E-state index in [1.54, 1.807) is 18.3 Å². The van der Waals surface area contributed by atoms with E-state index in [0.717, 1.165) is 25.2 Å². The Labute approximate surface area is 129 Å². The molecular weight excluding hydrogens is 282 g/mol. The van der Waals surface area contributed by atoms with Gasteiger partial charge in [-0.15, -0.1) is 11.3 Å². The Morgan fingerprint density at radius 1 is 1.24 bits per heavy atom. The first-order valence-electron chi connectivity index (χ1n) is 7.16. The van der Waals surface area contributed by atoms with E-state index < -0.39 is 11.9 Å². The zero-order valence-corrected chi connectivity index (χ0v) is 13.3. The summed E-state index contributed by atoms with van der Waals surface area (Å²) in [6.45, 7) is 6.71. The number of hydrogen-bond donors (Lipinski definition) is 1. The highest BCUT2D eigenvalue weighted by molar-refractivity contribution is 7.09. The molecule has 21 heavy (non-hydrogen) atoms. The van der Waals surface area contributed by atoms with E-state index in [0.29, 0.717) is 0 Å². The van der Waals surface area contributed by atoms with Crippen LogP contribution in [0, 0.1) is 0 Å². The van der Waals surface area contributed by atoms with Crippen LogP contribution >= 0.6 is 11.3 Å². The molecule has 1 unspecified atom stereocenters. The predicted octanol–water partition coefficient (Wildman–Crippen LogP) is 3.96. The second-order valence-electron chi connectivity index (χ2n) is 5.18. The van der Waals surface area contributed by atoms with Gasteiger partial charge in [0.25, 0.3) is 0 Å². The number of nitrogens with zero attached hydrogens (tertiary/aromatic N) is 1. The summed E-state index contributed by atoms with van der Waals surface area (Å²) in [6, 6.07) is 12.2. The van der Waals surface area contributed by atoms with Crippen molar-refractivity contribution in [3.8, 4) is 0 Å². The van der Waals surface area contributed by atoms with E-state index >= 15 is 0 Å². The first-order valence-corrected chi connectivity index (χ1v) is 8.04. The summed E-state index contributed by atoms with van der Waals surface area (Å²) in [4.78, 5) is 14.7. The van der Waals surface area contributed by atoms with Crippen LogP contribution in [-0.4, -0.2) is 22.5 Å². The van der Waals surface area contributed by atoms with Crippen LogP contribution in [0.2, 0.25) is 0 Å². The molecule has 0 aliphatic carbocycles. The molecule has 1 heterocycles. The molecule has 1 aromatic carbocycles. The lowest BCUT2D eigenvalue weighted by molar-refractivity contribution is -0.138. The van der Waals surface area contributed by atoms with Crippen LogP contribution in [0.15, 0.2) is 41.8 Å². The fourth-order valence-corrected chi connectivity index (χ4v) is 2.96. The fourth-order valence-electron chi connectivity index (χ4n) is 2.21. The maximum atomic E-state index is 11.0. The van der Waals surface area contributed by atoms with E-state index in [9.17, 15) is 4.79 Å². The average Bonchev–Trinajstić information content (AvgIpc) is 2.99. The highest BCUT2D eigenvalue weighted by atomic mass is 32.1. The third kappa shape index (κ3) is 4.41. The van der Waals surface area contributed by atoms with Gasteiger partial charge in [0.1, 0.15) is 0 Å². The van der Waals surface area contributed by atoms with Crippen molar-refractivity contribution in [3.05, 3.63) is 57.8 Å². The Balaban J connectivity index is 1.99. The zero-order valence-electron chi connectivity index (χ0n) is 12.5. The lowest BCUT2D eigenvalue weighted by Crippen LogP contribution is -2.21. The minimum Gasteiger partial charge on any atom is -0.481 e. The minimum absolute atomic E-state index is 0.451. The zero-order chi connectivity index (χ0) is 15.2. The molecule has 3 nitrogen and oxygen atoms in total. The molecule has 1 aromatic heterocycles. The molecule has 0 aliphatic heterocycles. The first kappa shape index (κ1) is 15.7. The van der Waals surface area contributed by atoms with Crippen molar-refractivity contribution in [1.29, 1.82) is 0 Å². The number of carbonyl (C=O) groups is 1. The van der Waals surface area contributed by atoms with Crippen LogP contribution < -0.4 is 0 Å². The third-order valence-corrected chi connectivity index (χ3v) is 4.52. The number of benzene rings is 1. The molecule has 1 N–H and O–H groups in total. The number of hydrogen-bond acceptors (Lipinski definition) is 3. The van der Waals surface area contributed by atoms with Crippen molar-refractivity contribution in [1.82, 2.24) is 4.90 Å². The standard InChI is InChI=1S/C17H21NO2S/c1-3-18(12-16-5-4-10-21-16)11-14-6-8-15(9-7-14)13(2)17(19)20/h4-10,13H,3,11-12H2,1-2H3,(H,19,20). The van der Waals surface area contributed by atoms with E-state index in [1.807, 2.05) is 24.3 Å². The number of aliphatic carboxylic acids is 1. The first-order chi connectivity index (χ1) is 10.1. The maximum Gasteiger partial charge on any atom is 0.310 e. The minimum atomic E-state index is -0.782. The molecule has 0 aliphatic rings. The van der Waals surface area contributed by atoms with Gasteiger partial charge in [-0.3, -0.25) is 9.69 Å². The van der Waals surface area contributed by atoms with Gasteiger partial charge in [-0.05, 0) is 36.0 Å². The van der Waals surface area contributed by atoms with Gasteiger partial charge in [-0.2, -0.15) is 0 Å². The number of carboxylic acid groups (broad SMARTS) is 1. The summed E-state index contributed by atoms with van der Waals surface area (Å²) < 4.78 is 0. The van der Waals surface area contributed by atoms with Crippen molar-refractivity contribution < 1.29 is 9.90 Å². The van der Waals surface area contributed by atoms with Gasteiger partial charge in [-0.1, -0.05) is 37.3 Å². The predicted molar refractivity (Wildman–Crippen MR) is 86.6 cm³/mol. The smallest absolute Gasteiger partial charge is 0.310 e. The van der Waals surface area contributed by atoms with Crippen LogP contribution in [0.1, 0.15) is 35.8 Å². The van der Waals surface area contributed by atoms with Crippen molar-refractivity contribution in [2.45, 2.75) is 32.9 Å². The SMILES string of the molecule is CCN(Cc1ccc(C(C)C(=O)O)cc1)Cc1cccs1. The van der Waals surface area contributed by atoms with Crippen LogP contribution in [0.4, 0.5) is 0 Å². The van der Waals surface area contributed by atoms with Gasteiger partial charge in [0.05, 0.1) is 5.92 Å². The van der Waals surface area contributed by atoms with Crippen LogP contribution in [0.3, 0.4) is 0 Å². The molecule has 1 atom stereocenters. The molecule has 112 valence electrons. The summed E-state index contributed by atoms with van der Waals surface area (Å²) in [6.07, 6.45) is 0. The molecule has 0 bridgehead atoms. The van der Waals surface area contributed by atoms with Gasteiger partial charge < -0.3 is 5.11 Å². The number of rotatable bonds is 7. The summed E-state index contributed by atoms with van der Waals surface area (Å²) in [7, 11) is 0. The third-order valence-electron chi connectivity index (χ3n) is 3.66. The van der Waals surface area contributed by atoms with Gasteiger partial charge >= 0.3 is 5.97 Å². The molecular formula is C17H21NO2S. The summed E-state index contributed by atoms with van der Waals surface area (Å²) in [5.74, 6) is -1.23. The monoisotopic (exact) mass is 303 g/mol. The molecule has 2 aromatic rings. The van der Waals surface area contributed by atoms with Crippen molar-refractivity contribution >= 4 is 17.3 Å². The van der Waals surface area contributed by atoms with Gasteiger partial charge in [0.2, 0.25) is 0 Å². The quantitative estimate of drug-likeness (QED) is 0.841. The summed E-state index contributed by atoms with van der Waals surface area (Å²) >= 11 is 1.78. The summed E-state index contributed by atoms with van der Waals surface area (Å²) in [5, 5.41) is 11.1. The van der Waals surface area contributed by atoms with Gasteiger partial charge in [-0.25, -0.2) is 0 Å². The molecule has 0 spiro atoms. The number of carboxylic acids is 1. The second-order valence-corrected chi connectivity index (χ2v) is 6.22. The van der Waals surface area contributed by atoms with Gasteiger partial charge in [0, 0.05) is 18.0 Å². The normalized spacial score (nSPS) is 12.5. The largest absolute Gasteiger partial charge is 0.481 e. The highest BCUT2D eigenvalue weighted by Crippen LogP contribution is 2.18. The maximum absolute atomic E-state index is 11.0. The Hall–Kier alpha value is -1.65. The molecule has 0 fully saturated rings. The lowest BCUT2D eigenvalue weighted by Gasteiger charge is -2.20. The Morgan fingerprint density at radius 3 is 2.48 bits per heavy atom. The molecule has 4 heteroatoms. The van der Waals surface area contributed by atoms with E-state index in [4.69, 9.17) is 5.11 Å². The summed E-state index contributed by atoms with van der Waals surface area (Å²) in [5.41, 5.74) is 2.07. The molecule has 2 rings (SSSR count). The van der Waals surface area contributed by atoms with Crippen LogP contribution in [0.25, 0.3) is 0 Å². The Bertz CT molecular complexity index is 563. The van der Waals surface area contributed by atoms with Crippen LogP contribution in [-0.2, 0) is 17.9 Å².